The van der Waals surface area contributed by atoms with Gasteiger partial charge in [0.05, 0.1) is 6.61 Å². The third-order valence-corrected chi connectivity index (χ3v) is 3.95. The average molecular weight is 304 g/mol. The molecule has 0 bridgehead atoms. The highest BCUT2D eigenvalue weighted by Crippen LogP contribution is 2.47. The number of aliphatic hydroxyl groups is 4. The quantitative estimate of drug-likeness (QED) is 0.632. The van der Waals surface area contributed by atoms with Gasteiger partial charge in [-0.1, -0.05) is 30.3 Å². The zero-order valence-electron chi connectivity index (χ0n) is 11.4. The minimum Gasteiger partial charge on any atom is -0.394 e. The van der Waals surface area contributed by atoms with E-state index in [2.05, 4.69) is 0 Å². The van der Waals surface area contributed by atoms with Crippen molar-refractivity contribution in [3.8, 4) is 0 Å². The predicted octanol–water partition coefficient (Wildman–Crippen LogP) is 0.0109. The third kappa shape index (κ3) is 2.45. The van der Waals surface area contributed by atoms with Gasteiger partial charge in [0.1, 0.15) is 24.4 Å². The number of ether oxygens (including phenoxy) is 1. The first kappa shape index (κ1) is 16.3. The molecule has 0 spiro atoms. The van der Waals surface area contributed by atoms with Gasteiger partial charge in [-0.15, -0.1) is 0 Å². The van der Waals surface area contributed by atoms with Crippen LogP contribution in [0.15, 0.2) is 30.3 Å². The zero-order valence-corrected chi connectivity index (χ0v) is 11.4. The molecular weight excluding hydrogens is 286 g/mol. The van der Waals surface area contributed by atoms with Gasteiger partial charge in [0.2, 0.25) is 0 Å². The smallest absolute Gasteiger partial charge is 0.303 e. The van der Waals surface area contributed by atoms with Gasteiger partial charge in [-0.05, 0) is 6.92 Å². The highest BCUT2D eigenvalue weighted by molar-refractivity contribution is 5.25. The van der Waals surface area contributed by atoms with Crippen molar-refractivity contribution in [1.29, 1.82) is 0 Å². The average Bonchev–Trinajstić information content (AvgIpc) is 2.49. The molecule has 0 amide bonds. The summed E-state index contributed by atoms with van der Waals surface area (Å²) in [4.78, 5) is 0. The summed E-state index contributed by atoms with van der Waals surface area (Å²) in [7, 11) is 0. The summed E-state index contributed by atoms with van der Waals surface area (Å²) >= 11 is 0. The van der Waals surface area contributed by atoms with Gasteiger partial charge in [0.15, 0.2) is 5.60 Å². The molecule has 118 valence electrons. The van der Waals surface area contributed by atoms with Crippen LogP contribution in [0.2, 0.25) is 0 Å². The molecular formula is C14H18F2O5. The van der Waals surface area contributed by atoms with E-state index in [1.54, 1.807) is 6.07 Å². The predicted molar refractivity (Wildman–Crippen MR) is 68.7 cm³/mol. The van der Waals surface area contributed by atoms with E-state index in [0.717, 1.165) is 6.92 Å². The Morgan fingerprint density at radius 3 is 2.24 bits per heavy atom. The van der Waals surface area contributed by atoms with E-state index in [1.165, 1.54) is 24.3 Å². The number of halogens is 2. The maximum Gasteiger partial charge on any atom is 0.303 e. The molecule has 1 heterocycles. The highest BCUT2D eigenvalue weighted by Gasteiger charge is 2.63. The Hall–Kier alpha value is -1.12. The van der Waals surface area contributed by atoms with Crippen LogP contribution in [-0.2, 0) is 10.7 Å². The second-order valence-electron chi connectivity index (χ2n) is 5.31. The molecule has 0 aromatic heterocycles. The molecule has 1 unspecified atom stereocenters. The number of rotatable bonds is 3. The van der Waals surface area contributed by atoms with E-state index in [-0.39, 0.29) is 0 Å². The van der Waals surface area contributed by atoms with Gasteiger partial charge in [-0.3, -0.25) is 0 Å². The summed E-state index contributed by atoms with van der Waals surface area (Å²) in [6.07, 6.45) is -6.94. The summed E-state index contributed by atoms with van der Waals surface area (Å²) in [5, 5.41) is 38.5. The Morgan fingerprint density at radius 2 is 1.71 bits per heavy atom. The Kier molecular flexibility index (Phi) is 4.32. The molecule has 5 atom stereocenters. The van der Waals surface area contributed by atoms with Crippen LogP contribution >= 0.6 is 0 Å². The Labute approximate surface area is 120 Å². The highest BCUT2D eigenvalue weighted by atomic mass is 19.3. The topological polar surface area (TPSA) is 90.2 Å². The van der Waals surface area contributed by atoms with Gasteiger partial charge in [-0.2, -0.15) is 8.78 Å². The Morgan fingerprint density at radius 1 is 1.14 bits per heavy atom. The first-order chi connectivity index (χ1) is 9.75. The lowest BCUT2D eigenvalue weighted by atomic mass is 9.79. The standard InChI is InChI=1S/C14H18F2O5/c1-13(14(15,16)8-5-3-2-4-6-8)12(20)11(19)10(18)9(7-17)21-13/h2-6,9-12,17-20H,7H2,1H3/t9-,10-,11+,12-,13?/m1/s1. The lowest BCUT2D eigenvalue weighted by Gasteiger charge is -2.49. The summed E-state index contributed by atoms with van der Waals surface area (Å²) in [6.45, 7) is 0.188. The van der Waals surface area contributed by atoms with Crippen molar-refractivity contribution < 1.29 is 33.9 Å². The maximum atomic E-state index is 14.7. The molecule has 0 aliphatic carbocycles. The van der Waals surface area contributed by atoms with E-state index < -0.39 is 48.1 Å². The van der Waals surface area contributed by atoms with Crippen LogP contribution in [0, 0.1) is 0 Å². The molecule has 7 heteroatoms. The van der Waals surface area contributed by atoms with Gasteiger partial charge >= 0.3 is 5.92 Å². The van der Waals surface area contributed by atoms with Crippen molar-refractivity contribution in [3.05, 3.63) is 35.9 Å². The second kappa shape index (κ2) is 5.58. The number of hydrogen-bond acceptors (Lipinski definition) is 5. The van der Waals surface area contributed by atoms with Crippen molar-refractivity contribution in [3.63, 3.8) is 0 Å². The zero-order chi connectivity index (χ0) is 15.8. The fourth-order valence-corrected chi connectivity index (χ4v) is 2.53. The van der Waals surface area contributed by atoms with Crippen molar-refractivity contribution >= 4 is 0 Å². The van der Waals surface area contributed by atoms with Gasteiger partial charge in [0.25, 0.3) is 0 Å². The van der Waals surface area contributed by atoms with Gasteiger partial charge in [-0.25, -0.2) is 0 Å². The summed E-state index contributed by atoms with van der Waals surface area (Å²) < 4.78 is 34.5. The first-order valence-electron chi connectivity index (χ1n) is 6.52. The fraction of sp³-hybridized carbons (Fsp3) is 0.571. The fourth-order valence-electron chi connectivity index (χ4n) is 2.53. The molecule has 2 rings (SSSR count). The molecule has 1 fully saturated rings. The first-order valence-corrected chi connectivity index (χ1v) is 6.52. The molecule has 5 nitrogen and oxygen atoms in total. The van der Waals surface area contributed by atoms with Crippen molar-refractivity contribution in [1.82, 2.24) is 0 Å². The molecule has 0 radical (unpaired) electrons. The molecule has 1 aliphatic rings. The molecule has 1 saturated heterocycles. The Bertz CT molecular complexity index is 482. The Balaban J connectivity index is 2.43. The third-order valence-electron chi connectivity index (χ3n) is 3.95. The van der Waals surface area contributed by atoms with E-state index in [4.69, 9.17) is 9.84 Å². The maximum absolute atomic E-state index is 14.7. The summed E-state index contributed by atoms with van der Waals surface area (Å²) in [5.41, 5.74) is -2.88. The number of alkyl halides is 2. The second-order valence-corrected chi connectivity index (χ2v) is 5.31. The molecule has 4 N–H and O–H groups in total. The van der Waals surface area contributed by atoms with E-state index in [1.807, 2.05) is 0 Å². The normalized spacial score (nSPS) is 37.5. The van der Waals surface area contributed by atoms with Crippen LogP contribution in [0.5, 0.6) is 0 Å². The molecule has 21 heavy (non-hydrogen) atoms. The van der Waals surface area contributed by atoms with E-state index >= 15 is 0 Å². The SMILES string of the molecule is CC1(C(F)(F)c2ccccc2)O[C@H](CO)[C@@H](O)[C@H](O)[C@H]1O. The van der Waals surface area contributed by atoms with Crippen molar-refractivity contribution in [2.24, 2.45) is 0 Å². The molecule has 0 saturated carbocycles. The van der Waals surface area contributed by atoms with E-state index in [0.29, 0.717) is 0 Å². The minimum absolute atomic E-state index is 0.396. The van der Waals surface area contributed by atoms with Crippen LogP contribution in [0.4, 0.5) is 8.78 Å². The molecule has 1 aromatic carbocycles. The lowest BCUT2D eigenvalue weighted by Crippen LogP contribution is -2.69. The number of hydrogen-bond donors (Lipinski definition) is 4. The van der Waals surface area contributed by atoms with Crippen LogP contribution in [0.1, 0.15) is 12.5 Å². The van der Waals surface area contributed by atoms with Gasteiger partial charge < -0.3 is 25.2 Å². The molecule has 1 aromatic rings. The van der Waals surface area contributed by atoms with Crippen LogP contribution in [-0.4, -0.2) is 57.0 Å². The van der Waals surface area contributed by atoms with E-state index in [9.17, 15) is 24.1 Å². The molecule has 1 aliphatic heterocycles. The largest absolute Gasteiger partial charge is 0.394 e. The summed E-state index contributed by atoms with van der Waals surface area (Å²) in [6, 6.07) is 6.74. The van der Waals surface area contributed by atoms with Crippen LogP contribution < -0.4 is 0 Å². The summed E-state index contributed by atoms with van der Waals surface area (Å²) in [5.74, 6) is -3.64. The van der Waals surface area contributed by atoms with Gasteiger partial charge in [0, 0.05) is 5.56 Å². The van der Waals surface area contributed by atoms with Crippen molar-refractivity contribution in [2.45, 2.75) is 42.9 Å². The minimum atomic E-state index is -3.64. The van der Waals surface area contributed by atoms with Crippen molar-refractivity contribution in [2.75, 3.05) is 6.61 Å². The lowest BCUT2D eigenvalue weighted by molar-refractivity contribution is -0.332. The van der Waals surface area contributed by atoms with Crippen LogP contribution in [0.3, 0.4) is 0 Å². The number of aliphatic hydroxyl groups excluding tert-OH is 4. The van der Waals surface area contributed by atoms with Crippen LogP contribution in [0.25, 0.3) is 0 Å². The number of benzene rings is 1. The monoisotopic (exact) mass is 304 g/mol.